The van der Waals surface area contributed by atoms with Crippen LogP contribution in [-0.2, 0) is 9.47 Å². The summed E-state index contributed by atoms with van der Waals surface area (Å²) in [6, 6.07) is 21.7. The van der Waals surface area contributed by atoms with Gasteiger partial charge >= 0.3 is 0 Å². The zero-order valence-electron chi connectivity index (χ0n) is 17.3. The molecule has 0 saturated heterocycles. The molecule has 0 bridgehead atoms. The Morgan fingerprint density at radius 2 is 1.33 bits per heavy atom. The van der Waals surface area contributed by atoms with Gasteiger partial charge in [0.15, 0.2) is 0 Å². The summed E-state index contributed by atoms with van der Waals surface area (Å²) in [4.78, 5) is 0. The van der Waals surface area contributed by atoms with Crippen molar-refractivity contribution in [2.24, 2.45) is 5.73 Å². The summed E-state index contributed by atoms with van der Waals surface area (Å²) < 4.78 is 10.0. The van der Waals surface area contributed by atoms with E-state index in [1.807, 2.05) is 6.92 Å². The van der Waals surface area contributed by atoms with Crippen LogP contribution in [0.4, 0.5) is 0 Å². The molecule has 2 N–H and O–H groups in total. The molecule has 2 atom stereocenters. The SMILES string of the molecule is CCC(CC(C)c1ccccc1)c1ccccc1.CCOCCOCCN. The van der Waals surface area contributed by atoms with Crippen LogP contribution < -0.4 is 5.73 Å². The fourth-order valence-corrected chi connectivity index (χ4v) is 3.06. The average molecular weight is 372 g/mol. The Morgan fingerprint density at radius 3 is 1.85 bits per heavy atom. The van der Waals surface area contributed by atoms with Crippen LogP contribution in [0.3, 0.4) is 0 Å². The Morgan fingerprint density at radius 1 is 0.778 bits per heavy atom. The molecule has 27 heavy (non-hydrogen) atoms. The van der Waals surface area contributed by atoms with E-state index in [9.17, 15) is 0 Å². The maximum absolute atomic E-state index is 5.18. The van der Waals surface area contributed by atoms with Crippen LogP contribution in [0.5, 0.6) is 0 Å². The monoisotopic (exact) mass is 371 g/mol. The summed E-state index contributed by atoms with van der Waals surface area (Å²) in [6.45, 7) is 9.89. The van der Waals surface area contributed by atoms with Crippen molar-refractivity contribution in [1.29, 1.82) is 0 Å². The first kappa shape index (κ1) is 23.4. The van der Waals surface area contributed by atoms with Gasteiger partial charge in [0.05, 0.1) is 19.8 Å². The van der Waals surface area contributed by atoms with E-state index in [0.29, 0.717) is 38.2 Å². The third-order valence-electron chi connectivity index (χ3n) is 4.61. The molecule has 0 amide bonds. The molecule has 3 heteroatoms. The summed E-state index contributed by atoms with van der Waals surface area (Å²) in [7, 11) is 0. The van der Waals surface area contributed by atoms with E-state index >= 15 is 0 Å². The molecule has 0 saturated carbocycles. The lowest BCUT2D eigenvalue weighted by Crippen LogP contribution is -2.11. The molecule has 0 aliphatic rings. The van der Waals surface area contributed by atoms with E-state index in [-0.39, 0.29) is 0 Å². The van der Waals surface area contributed by atoms with Crippen LogP contribution in [0, 0.1) is 0 Å². The number of rotatable bonds is 11. The van der Waals surface area contributed by atoms with Crippen molar-refractivity contribution < 1.29 is 9.47 Å². The predicted molar refractivity (Wildman–Crippen MR) is 115 cm³/mol. The number of ether oxygens (including phenoxy) is 2. The Kier molecular flexibility index (Phi) is 13.3. The predicted octanol–water partition coefficient (Wildman–Crippen LogP) is 5.37. The minimum absolute atomic E-state index is 0.589. The first-order valence-corrected chi connectivity index (χ1v) is 10.2. The van der Waals surface area contributed by atoms with E-state index in [2.05, 4.69) is 74.5 Å². The van der Waals surface area contributed by atoms with Crippen molar-refractivity contribution in [2.75, 3.05) is 33.0 Å². The lowest BCUT2D eigenvalue weighted by Gasteiger charge is -2.20. The number of hydrogen-bond acceptors (Lipinski definition) is 3. The third kappa shape index (κ3) is 10.3. The second kappa shape index (κ2) is 15.4. The third-order valence-corrected chi connectivity index (χ3v) is 4.61. The highest BCUT2D eigenvalue weighted by molar-refractivity contribution is 5.23. The molecule has 0 heterocycles. The summed E-state index contributed by atoms with van der Waals surface area (Å²) >= 11 is 0. The van der Waals surface area contributed by atoms with E-state index in [1.165, 1.54) is 24.0 Å². The lowest BCUT2D eigenvalue weighted by molar-refractivity contribution is 0.0561. The standard InChI is InChI=1S/C18H22.C6H15NO2/c1-3-16(18-12-8-5-9-13-18)14-15(2)17-10-6-4-7-11-17;1-2-8-5-6-9-4-3-7/h4-13,15-16H,3,14H2,1-2H3;2-7H2,1H3. The van der Waals surface area contributed by atoms with Crippen LogP contribution in [0.15, 0.2) is 60.7 Å². The average Bonchev–Trinajstić information content (AvgIpc) is 2.73. The second-order valence-electron chi connectivity index (χ2n) is 6.66. The highest BCUT2D eigenvalue weighted by Crippen LogP contribution is 2.31. The van der Waals surface area contributed by atoms with Crippen molar-refractivity contribution >= 4 is 0 Å². The summed E-state index contributed by atoms with van der Waals surface area (Å²) in [5.41, 5.74) is 8.10. The van der Waals surface area contributed by atoms with Crippen molar-refractivity contribution in [3.8, 4) is 0 Å². The van der Waals surface area contributed by atoms with Gasteiger partial charge in [-0.1, -0.05) is 74.5 Å². The maximum Gasteiger partial charge on any atom is 0.0701 e. The smallest absolute Gasteiger partial charge is 0.0701 e. The van der Waals surface area contributed by atoms with Gasteiger partial charge in [0.1, 0.15) is 0 Å². The number of hydrogen-bond donors (Lipinski definition) is 1. The maximum atomic E-state index is 5.18. The quantitative estimate of drug-likeness (QED) is 0.540. The molecule has 0 spiro atoms. The van der Waals surface area contributed by atoms with E-state index in [4.69, 9.17) is 15.2 Å². The van der Waals surface area contributed by atoms with Gasteiger partial charge in [-0.25, -0.2) is 0 Å². The zero-order chi connectivity index (χ0) is 19.7. The van der Waals surface area contributed by atoms with Crippen LogP contribution in [0.25, 0.3) is 0 Å². The molecule has 0 fully saturated rings. The summed E-state index contributed by atoms with van der Waals surface area (Å²) in [6.07, 6.45) is 2.44. The molecule has 0 aromatic heterocycles. The molecule has 3 nitrogen and oxygen atoms in total. The Bertz CT molecular complexity index is 553. The molecule has 150 valence electrons. The van der Waals surface area contributed by atoms with E-state index in [0.717, 1.165) is 6.61 Å². The molecular formula is C24H37NO2. The van der Waals surface area contributed by atoms with Gasteiger partial charge in [0.25, 0.3) is 0 Å². The lowest BCUT2D eigenvalue weighted by atomic mass is 9.85. The Labute approximate surface area is 165 Å². The summed E-state index contributed by atoms with van der Waals surface area (Å²) in [5, 5.41) is 0. The minimum atomic E-state index is 0.589. The molecule has 0 aliphatic heterocycles. The van der Waals surface area contributed by atoms with Crippen LogP contribution in [-0.4, -0.2) is 33.0 Å². The van der Waals surface area contributed by atoms with Crippen molar-refractivity contribution in [3.63, 3.8) is 0 Å². The van der Waals surface area contributed by atoms with Gasteiger partial charge in [0, 0.05) is 13.2 Å². The van der Waals surface area contributed by atoms with Gasteiger partial charge in [-0.05, 0) is 42.7 Å². The van der Waals surface area contributed by atoms with E-state index in [1.54, 1.807) is 0 Å². The van der Waals surface area contributed by atoms with Gasteiger partial charge in [0.2, 0.25) is 0 Å². The second-order valence-corrected chi connectivity index (χ2v) is 6.66. The van der Waals surface area contributed by atoms with E-state index < -0.39 is 0 Å². The van der Waals surface area contributed by atoms with Gasteiger partial charge in [-0.15, -0.1) is 0 Å². The Balaban J connectivity index is 0.000000345. The summed E-state index contributed by atoms with van der Waals surface area (Å²) in [5.74, 6) is 1.29. The molecule has 2 unspecified atom stereocenters. The molecule has 0 aliphatic carbocycles. The van der Waals surface area contributed by atoms with Gasteiger partial charge in [-0.2, -0.15) is 0 Å². The molecule has 2 aromatic carbocycles. The number of benzene rings is 2. The van der Waals surface area contributed by atoms with Gasteiger partial charge < -0.3 is 15.2 Å². The normalized spacial score (nSPS) is 12.7. The van der Waals surface area contributed by atoms with Crippen LogP contribution in [0.2, 0.25) is 0 Å². The fraction of sp³-hybridized carbons (Fsp3) is 0.500. The Hall–Kier alpha value is -1.68. The first-order chi connectivity index (χ1) is 13.2. The molecule has 2 aromatic rings. The van der Waals surface area contributed by atoms with Crippen molar-refractivity contribution in [2.45, 2.75) is 45.4 Å². The largest absolute Gasteiger partial charge is 0.379 e. The first-order valence-electron chi connectivity index (χ1n) is 10.2. The van der Waals surface area contributed by atoms with Gasteiger partial charge in [-0.3, -0.25) is 0 Å². The van der Waals surface area contributed by atoms with Crippen molar-refractivity contribution in [3.05, 3.63) is 71.8 Å². The molecular weight excluding hydrogens is 334 g/mol. The zero-order valence-corrected chi connectivity index (χ0v) is 17.3. The fourth-order valence-electron chi connectivity index (χ4n) is 3.06. The van der Waals surface area contributed by atoms with Crippen molar-refractivity contribution in [1.82, 2.24) is 0 Å². The number of nitrogens with two attached hydrogens (primary N) is 1. The van der Waals surface area contributed by atoms with Crippen LogP contribution >= 0.6 is 0 Å². The highest BCUT2D eigenvalue weighted by atomic mass is 16.5. The topological polar surface area (TPSA) is 44.5 Å². The van der Waals surface area contributed by atoms with Crippen LogP contribution in [0.1, 0.15) is 56.6 Å². The molecule has 2 rings (SSSR count). The molecule has 0 radical (unpaired) electrons. The highest BCUT2D eigenvalue weighted by Gasteiger charge is 2.14. The minimum Gasteiger partial charge on any atom is -0.379 e.